The Bertz CT molecular complexity index is 1790. The standard InChI is InChI=1S/C33H28N6O/c1-21-17-19-23(20-18-21)34-31-33-36-32-29(22(2)37-39(32)24-11-5-4-6-12-24)30(25-13-7-10-16-28(25)40-3)38(33)27-15-9-8-14-26(27)35-31/h4-20,30H,1-3H3,(H,34,35)/t30-/m1/s1. The SMILES string of the molecule is COc1ccccc1[C@@H]1c2c(C)nn(-c3ccccc3)c2N=C2C(Nc3ccc(C)cc3)=Nc3ccccc3N21. The number of aryl methyl sites for hydroxylation is 2. The summed E-state index contributed by atoms with van der Waals surface area (Å²) in [6, 6.07) is 34.6. The second kappa shape index (κ2) is 9.54. The molecule has 0 spiro atoms. The van der Waals surface area contributed by atoms with E-state index in [0.29, 0.717) is 5.84 Å². The molecule has 7 rings (SSSR count). The number of aliphatic imine (C=N–C) groups is 2. The number of para-hydroxylation sites is 4. The van der Waals surface area contributed by atoms with Crippen molar-refractivity contribution in [2.75, 3.05) is 17.3 Å². The number of ether oxygens (including phenoxy) is 1. The molecule has 0 saturated carbocycles. The molecule has 0 fully saturated rings. The molecule has 0 radical (unpaired) electrons. The summed E-state index contributed by atoms with van der Waals surface area (Å²) in [6.45, 7) is 4.13. The van der Waals surface area contributed by atoms with Crippen molar-refractivity contribution < 1.29 is 4.74 Å². The van der Waals surface area contributed by atoms with Gasteiger partial charge in [-0.25, -0.2) is 14.7 Å². The summed E-state index contributed by atoms with van der Waals surface area (Å²) in [5.74, 6) is 2.98. The molecule has 40 heavy (non-hydrogen) atoms. The lowest BCUT2D eigenvalue weighted by Crippen LogP contribution is -2.46. The zero-order valence-corrected chi connectivity index (χ0v) is 22.5. The first-order valence-corrected chi connectivity index (χ1v) is 13.3. The van der Waals surface area contributed by atoms with Crippen LogP contribution in [0.3, 0.4) is 0 Å². The Hall–Kier alpha value is -5.17. The van der Waals surface area contributed by atoms with Crippen LogP contribution in [0.15, 0.2) is 113 Å². The van der Waals surface area contributed by atoms with E-state index in [1.807, 2.05) is 65.3 Å². The van der Waals surface area contributed by atoms with Crippen molar-refractivity contribution in [3.8, 4) is 11.4 Å². The van der Waals surface area contributed by atoms with Gasteiger partial charge in [-0.15, -0.1) is 0 Å². The molecule has 0 bridgehead atoms. The Morgan fingerprint density at radius 3 is 2.30 bits per heavy atom. The van der Waals surface area contributed by atoms with E-state index in [1.165, 1.54) is 5.56 Å². The fourth-order valence-corrected chi connectivity index (χ4v) is 5.51. The summed E-state index contributed by atoms with van der Waals surface area (Å²) in [4.78, 5) is 12.6. The lowest BCUT2D eigenvalue weighted by Gasteiger charge is -2.41. The van der Waals surface area contributed by atoms with Crippen molar-refractivity contribution in [1.29, 1.82) is 0 Å². The first-order valence-electron chi connectivity index (χ1n) is 13.3. The van der Waals surface area contributed by atoms with E-state index in [1.54, 1.807) is 7.11 Å². The van der Waals surface area contributed by atoms with Crippen LogP contribution in [0.25, 0.3) is 5.69 Å². The highest BCUT2D eigenvalue weighted by molar-refractivity contribution is 6.51. The molecule has 7 nitrogen and oxygen atoms in total. The van der Waals surface area contributed by atoms with Crippen molar-refractivity contribution in [3.05, 3.63) is 126 Å². The third-order valence-corrected chi connectivity index (χ3v) is 7.39. The van der Waals surface area contributed by atoms with E-state index in [-0.39, 0.29) is 6.04 Å². The smallest absolute Gasteiger partial charge is 0.179 e. The number of hydrogen-bond donors (Lipinski definition) is 1. The Labute approximate surface area is 233 Å². The summed E-state index contributed by atoms with van der Waals surface area (Å²) in [5.41, 5.74) is 7.90. The van der Waals surface area contributed by atoms with Crippen molar-refractivity contribution in [1.82, 2.24) is 9.78 Å². The number of methoxy groups -OCH3 is 1. The lowest BCUT2D eigenvalue weighted by atomic mass is 9.92. The van der Waals surface area contributed by atoms with Gasteiger partial charge in [-0.1, -0.05) is 66.2 Å². The molecule has 196 valence electrons. The topological polar surface area (TPSA) is 67.0 Å². The van der Waals surface area contributed by atoms with Crippen LogP contribution in [0.4, 0.5) is 22.9 Å². The monoisotopic (exact) mass is 524 g/mol. The van der Waals surface area contributed by atoms with Crippen LogP contribution in [0.1, 0.15) is 28.4 Å². The van der Waals surface area contributed by atoms with Gasteiger partial charge in [-0.3, -0.25) is 0 Å². The highest BCUT2D eigenvalue weighted by Gasteiger charge is 2.42. The minimum absolute atomic E-state index is 0.248. The molecule has 2 aliphatic rings. The van der Waals surface area contributed by atoms with E-state index < -0.39 is 0 Å². The second-order valence-electron chi connectivity index (χ2n) is 9.96. The molecule has 0 aliphatic carbocycles. The van der Waals surface area contributed by atoms with Gasteiger partial charge in [0.15, 0.2) is 17.5 Å². The maximum absolute atomic E-state index is 5.91. The number of amidine groups is 2. The second-order valence-corrected chi connectivity index (χ2v) is 9.96. The van der Waals surface area contributed by atoms with Gasteiger partial charge in [0.05, 0.1) is 35.9 Å². The summed E-state index contributed by atoms with van der Waals surface area (Å²) < 4.78 is 7.84. The van der Waals surface area contributed by atoms with Gasteiger partial charge < -0.3 is 15.0 Å². The minimum Gasteiger partial charge on any atom is -0.496 e. The van der Waals surface area contributed by atoms with Gasteiger partial charge in [-0.2, -0.15) is 5.10 Å². The van der Waals surface area contributed by atoms with E-state index >= 15 is 0 Å². The van der Waals surface area contributed by atoms with Crippen LogP contribution in [-0.2, 0) is 0 Å². The molecule has 1 N–H and O–H groups in total. The van der Waals surface area contributed by atoms with E-state index in [4.69, 9.17) is 19.8 Å². The van der Waals surface area contributed by atoms with Gasteiger partial charge in [0.1, 0.15) is 5.75 Å². The molecule has 0 amide bonds. The zero-order valence-electron chi connectivity index (χ0n) is 22.5. The number of fused-ring (bicyclic) bond motifs is 4. The molecular weight excluding hydrogens is 496 g/mol. The molecule has 2 aliphatic heterocycles. The van der Waals surface area contributed by atoms with Crippen molar-refractivity contribution >= 4 is 34.6 Å². The first-order chi connectivity index (χ1) is 19.6. The van der Waals surface area contributed by atoms with Gasteiger partial charge in [-0.05, 0) is 56.3 Å². The van der Waals surface area contributed by atoms with Gasteiger partial charge in [0.25, 0.3) is 0 Å². The number of anilines is 2. The zero-order chi connectivity index (χ0) is 27.2. The molecule has 5 aromatic rings. The van der Waals surface area contributed by atoms with Crippen molar-refractivity contribution in [2.45, 2.75) is 19.9 Å². The van der Waals surface area contributed by atoms with Gasteiger partial charge in [0.2, 0.25) is 0 Å². The Kier molecular flexibility index (Phi) is 5.70. The van der Waals surface area contributed by atoms with Crippen LogP contribution >= 0.6 is 0 Å². The Balaban J connectivity index is 1.51. The summed E-state index contributed by atoms with van der Waals surface area (Å²) in [6.07, 6.45) is 0. The van der Waals surface area contributed by atoms with Crippen LogP contribution in [-0.4, -0.2) is 28.6 Å². The number of benzene rings is 4. The Morgan fingerprint density at radius 1 is 0.775 bits per heavy atom. The fourth-order valence-electron chi connectivity index (χ4n) is 5.51. The number of rotatable bonds is 4. The summed E-state index contributed by atoms with van der Waals surface area (Å²) in [5, 5.41) is 8.57. The summed E-state index contributed by atoms with van der Waals surface area (Å²) in [7, 11) is 1.72. The van der Waals surface area contributed by atoms with Crippen LogP contribution in [0.5, 0.6) is 5.75 Å². The molecule has 3 heterocycles. The maximum atomic E-state index is 5.91. The Morgan fingerprint density at radius 2 is 1.50 bits per heavy atom. The molecule has 7 heteroatoms. The number of hydrogen-bond acceptors (Lipinski definition) is 6. The predicted molar refractivity (Wildman–Crippen MR) is 161 cm³/mol. The number of aromatic nitrogens is 2. The largest absolute Gasteiger partial charge is 0.496 e. The van der Waals surface area contributed by atoms with E-state index in [9.17, 15) is 0 Å². The maximum Gasteiger partial charge on any atom is 0.179 e. The summed E-state index contributed by atoms with van der Waals surface area (Å²) >= 11 is 0. The highest BCUT2D eigenvalue weighted by Crippen LogP contribution is 2.49. The predicted octanol–water partition coefficient (Wildman–Crippen LogP) is 7.29. The fraction of sp³-hybridized carbons (Fsp3) is 0.121. The van der Waals surface area contributed by atoms with E-state index in [0.717, 1.165) is 57.0 Å². The van der Waals surface area contributed by atoms with Gasteiger partial charge in [0, 0.05) is 16.8 Å². The van der Waals surface area contributed by atoms with Crippen LogP contribution < -0.4 is 15.0 Å². The molecule has 4 aromatic carbocycles. The molecule has 0 saturated heterocycles. The first kappa shape index (κ1) is 23.9. The number of nitrogens with one attached hydrogen (secondary N) is 1. The minimum atomic E-state index is -0.248. The molecule has 0 unspecified atom stereocenters. The third-order valence-electron chi connectivity index (χ3n) is 7.39. The average molecular weight is 525 g/mol. The normalized spacial score (nSPS) is 15.4. The van der Waals surface area contributed by atoms with Crippen molar-refractivity contribution in [2.24, 2.45) is 9.98 Å². The lowest BCUT2D eigenvalue weighted by molar-refractivity contribution is 0.407. The third kappa shape index (κ3) is 3.86. The number of nitrogens with zero attached hydrogens (tertiary/aromatic N) is 5. The van der Waals surface area contributed by atoms with Gasteiger partial charge >= 0.3 is 0 Å². The van der Waals surface area contributed by atoms with Crippen molar-refractivity contribution in [3.63, 3.8) is 0 Å². The molecule has 1 atom stereocenters. The van der Waals surface area contributed by atoms with E-state index in [2.05, 4.69) is 66.5 Å². The average Bonchev–Trinajstić information content (AvgIpc) is 3.33. The quantitative estimate of drug-likeness (QED) is 0.268. The molecular formula is C33H28N6O. The molecule has 1 aromatic heterocycles. The van der Waals surface area contributed by atoms with Crippen LogP contribution in [0.2, 0.25) is 0 Å². The highest BCUT2D eigenvalue weighted by atomic mass is 16.5. The van der Waals surface area contributed by atoms with Crippen LogP contribution in [0, 0.1) is 13.8 Å².